The summed E-state index contributed by atoms with van der Waals surface area (Å²) in [5.74, 6) is 0.121. The second kappa shape index (κ2) is 3.49. The van der Waals surface area contributed by atoms with Crippen LogP contribution in [-0.4, -0.2) is 19.0 Å². The molecular formula is C9H12O2. The van der Waals surface area contributed by atoms with Crippen molar-refractivity contribution in [3.8, 4) is 0 Å². The van der Waals surface area contributed by atoms with Gasteiger partial charge in [-0.15, -0.1) is 0 Å². The molecule has 1 atom stereocenters. The highest BCUT2D eigenvalue weighted by Crippen LogP contribution is 2.12. The van der Waals surface area contributed by atoms with Crippen molar-refractivity contribution in [1.29, 1.82) is 0 Å². The Kier molecular flexibility index (Phi) is 2.60. The second-order valence-corrected chi connectivity index (χ2v) is 2.58. The van der Waals surface area contributed by atoms with E-state index in [0.717, 1.165) is 12.0 Å². The van der Waals surface area contributed by atoms with Gasteiger partial charge in [-0.25, -0.2) is 0 Å². The molecular weight excluding hydrogens is 140 g/mol. The minimum atomic E-state index is 0.121. The lowest BCUT2D eigenvalue weighted by atomic mass is 10.0. The van der Waals surface area contributed by atoms with Crippen molar-refractivity contribution in [3.05, 3.63) is 23.8 Å². The molecule has 0 amide bonds. The third-order valence-electron chi connectivity index (χ3n) is 1.77. The molecule has 1 unspecified atom stereocenters. The topological polar surface area (TPSA) is 26.3 Å². The van der Waals surface area contributed by atoms with E-state index in [1.807, 2.05) is 18.2 Å². The summed E-state index contributed by atoms with van der Waals surface area (Å²) in [6.45, 7) is 1.57. The van der Waals surface area contributed by atoms with Crippen molar-refractivity contribution in [2.45, 2.75) is 19.4 Å². The highest BCUT2D eigenvalue weighted by molar-refractivity contribution is 5.96. The Balaban J connectivity index is 2.60. The number of rotatable bonds is 2. The Morgan fingerprint density at radius 1 is 1.73 bits per heavy atom. The molecule has 1 aliphatic carbocycles. The first-order valence-electron chi connectivity index (χ1n) is 3.66. The quantitative estimate of drug-likeness (QED) is 0.599. The fourth-order valence-corrected chi connectivity index (χ4v) is 1.04. The smallest absolute Gasteiger partial charge is 0.159 e. The molecule has 2 nitrogen and oxygen atoms in total. The molecule has 0 spiro atoms. The first-order chi connectivity index (χ1) is 5.24. The molecule has 0 aromatic carbocycles. The summed E-state index contributed by atoms with van der Waals surface area (Å²) < 4.78 is 5.08. The zero-order chi connectivity index (χ0) is 8.27. The Labute approximate surface area is 66.5 Å². The van der Waals surface area contributed by atoms with Gasteiger partial charge in [0.15, 0.2) is 5.78 Å². The monoisotopic (exact) mass is 152 g/mol. The van der Waals surface area contributed by atoms with Crippen LogP contribution in [0, 0.1) is 0 Å². The Morgan fingerprint density at radius 3 is 2.82 bits per heavy atom. The van der Waals surface area contributed by atoms with Crippen LogP contribution in [0.25, 0.3) is 0 Å². The van der Waals surface area contributed by atoms with Gasteiger partial charge < -0.3 is 4.74 Å². The van der Waals surface area contributed by atoms with Crippen LogP contribution in [0.3, 0.4) is 0 Å². The zero-order valence-corrected chi connectivity index (χ0v) is 6.83. The van der Waals surface area contributed by atoms with Crippen LogP contribution in [-0.2, 0) is 9.53 Å². The number of ketones is 1. The van der Waals surface area contributed by atoms with Gasteiger partial charge in [-0.1, -0.05) is 18.2 Å². The fraction of sp³-hybridized carbons (Fsp3) is 0.444. The molecule has 60 valence electrons. The average molecular weight is 152 g/mol. The predicted octanol–water partition coefficient (Wildman–Crippen LogP) is 1.48. The zero-order valence-electron chi connectivity index (χ0n) is 6.83. The van der Waals surface area contributed by atoms with E-state index in [-0.39, 0.29) is 11.9 Å². The maximum absolute atomic E-state index is 10.8. The molecule has 0 heterocycles. The van der Waals surface area contributed by atoms with Gasteiger partial charge in [-0.3, -0.25) is 4.79 Å². The molecule has 1 rings (SSSR count). The van der Waals surface area contributed by atoms with Crippen molar-refractivity contribution in [2.24, 2.45) is 0 Å². The van der Waals surface area contributed by atoms with E-state index < -0.39 is 0 Å². The van der Waals surface area contributed by atoms with Crippen LogP contribution >= 0.6 is 0 Å². The van der Waals surface area contributed by atoms with E-state index in [4.69, 9.17) is 4.74 Å². The molecule has 0 N–H and O–H groups in total. The van der Waals surface area contributed by atoms with E-state index in [1.165, 1.54) is 0 Å². The number of ether oxygens (including phenoxy) is 1. The Hall–Kier alpha value is -0.890. The van der Waals surface area contributed by atoms with Crippen molar-refractivity contribution in [2.75, 3.05) is 7.11 Å². The molecule has 1 aliphatic rings. The average Bonchev–Trinajstić information content (AvgIpc) is 2.05. The summed E-state index contributed by atoms with van der Waals surface area (Å²) in [5, 5.41) is 0. The van der Waals surface area contributed by atoms with Gasteiger partial charge in [0.25, 0.3) is 0 Å². The largest absolute Gasteiger partial charge is 0.377 e. The van der Waals surface area contributed by atoms with Gasteiger partial charge in [-0.2, -0.15) is 0 Å². The Morgan fingerprint density at radius 2 is 2.45 bits per heavy atom. The lowest BCUT2D eigenvalue weighted by molar-refractivity contribution is -0.113. The minimum absolute atomic E-state index is 0.121. The van der Waals surface area contributed by atoms with Gasteiger partial charge in [0.1, 0.15) is 0 Å². The Bertz CT molecular complexity index is 214. The van der Waals surface area contributed by atoms with Gasteiger partial charge in [-0.05, 0) is 13.3 Å². The van der Waals surface area contributed by atoms with Crippen LogP contribution in [0.2, 0.25) is 0 Å². The molecule has 11 heavy (non-hydrogen) atoms. The van der Waals surface area contributed by atoms with Crippen LogP contribution in [0.15, 0.2) is 23.8 Å². The molecule has 0 saturated heterocycles. The number of hydrogen-bond donors (Lipinski definition) is 0. The standard InChI is InChI=1S/C9H12O2/c1-7(10)8-3-5-9(11-2)6-4-8/h3-5,9H,6H2,1-2H3. The summed E-state index contributed by atoms with van der Waals surface area (Å²) in [4.78, 5) is 10.8. The first-order valence-corrected chi connectivity index (χ1v) is 3.66. The van der Waals surface area contributed by atoms with Crippen LogP contribution < -0.4 is 0 Å². The second-order valence-electron chi connectivity index (χ2n) is 2.58. The SMILES string of the molecule is COC1C=CC(C(C)=O)=CC1. The van der Waals surface area contributed by atoms with E-state index >= 15 is 0 Å². The van der Waals surface area contributed by atoms with Crippen molar-refractivity contribution in [1.82, 2.24) is 0 Å². The predicted molar refractivity (Wildman–Crippen MR) is 43.3 cm³/mol. The van der Waals surface area contributed by atoms with Crippen LogP contribution in [0.1, 0.15) is 13.3 Å². The minimum Gasteiger partial charge on any atom is -0.377 e. The van der Waals surface area contributed by atoms with Gasteiger partial charge in [0, 0.05) is 12.7 Å². The van der Waals surface area contributed by atoms with E-state index in [1.54, 1.807) is 14.0 Å². The van der Waals surface area contributed by atoms with Gasteiger partial charge in [0.2, 0.25) is 0 Å². The summed E-state index contributed by atoms with van der Waals surface area (Å²) in [7, 11) is 1.67. The third kappa shape index (κ3) is 2.02. The maximum atomic E-state index is 10.8. The summed E-state index contributed by atoms with van der Waals surface area (Å²) >= 11 is 0. The molecule has 0 radical (unpaired) electrons. The maximum Gasteiger partial charge on any atom is 0.159 e. The van der Waals surface area contributed by atoms with E-state index in [9.17, 15) is 4.79 Å². The number of hydrogen-bond acceptors (Lipinski definition) is 2. The number of methoxy groups -OCH3 is 1. The third-order valence-corrected chi connectivity index (χ3v) is 1.77. The number of carbonyl (C=O) groups is 1. The first kappa shape index (κ1) is 8.21. The number of carbonyl (C=O) groups excluding carboxylic acids is 1. The number of Topliss-reactive ketones (excluding diaryl/α,β-unsaturated/α-hetero) is 1. The molecule has 0 aromatic heterocycles. The molecule has 0 aromatic rings. The normalized spacial score (nSPS) is 23.1. The van der Waals surface area contributed by atoms with Crippen molar-refractivity contribution >= 4 is 5.78 Å². The highest BCUT2D eigenvalue weighted by Gasteiger charge is 2.08. The number of allylic oxidation sites excluding steroid dienone is 2. The van der Waals surface area contributed by atoms with Gasteiger partial charge >= 0.3 is 0 Å². The van der Waals surface area contributed by atoms with Crippen LogP contribution in [0.5, 0.6) is 0 Å². The van der Waals surface area contributed by atoms with Crippen molar-refractivity contribution < 1.29 is 9.53 Å². The lowest BCUT2D eigenvalue weighted by Crippen LogP contribution is -2.10. The van der Waals surface area contributed by atoms with Crippen molar-refractivity contribution in [3.63, 3.8) is 0 Å². The summed E-state index contributed by atoms with van der Waals surface area (Å²) in [6, 6.07) is 0. The van der Waals surface area contributed by atoms with Gasteiger partial charge in [0.05, 0.1) is 6.10 Å². The fourth-order valence-electron chi connectivity index (χ4n) is 1.04. The lowest BCUT2D eigenvalue weighted by Gasteiger charge is -2.12. The van der Waals surface area contributed by atoms with Crippen LogP contribution in [0.4, 0.5) is 0 Å². The highest BCUT2D eigenvalue weighted by atomic mass is 16.5. The summed E-state index contributed by atoms with van der Waals surface area (Å²) in [6.07, 6.45) is 6.60. The molecule has 2 heteroatoms. The molecule has 0 saturated carbocycles. The molecule has 0 bridgehead atoms. The van der Waals surface area contributed by atoms with E-state index in [0.29, 0.717) is 0 Å². The summed E-state index contributed by atoms with van der Waals surface area (Å²) in [5.41, 5.74) is 0.790. The van der Waals surface area contributed by atoms with E-state index in [2.05, 4.69) is 0 Å². The molecule has 0 fully saturated rings. The molecule has 0 aliphatic heterocycles.